The van der Waals surface area contributed by atoms with E-state index in [9.17, 15) is 43.2 Å². The Kier molecular flexibility index (Phi) is 66.5. The Morgan fingerprint density at radius 2 is 0.484 bits per heavy atom. The summed E-state index contributed by atoms with van der Waals surface area (Å²) >= 11 is 0. The van der Waals surface area contributed by atoms with Crippen molar-refractivity contribution in [2.45, 2.75) is 413 Å². The second-order valence-corrected chi connectivity index (χ2v) is 31.3. The summed E-state index contributed by atoms with van der Waals surface area (Å²) in [7, 11) is -9.91. The van der Waals surface area contributed by atoms with Gasteiger partial charge in [0.15, 0.2) is 12.2 Å². The second-order valence-electron chi connectivity index (χ2n) is 28.3. The van der Waals surface area contributed by atoms with Gasteiger partial charge in [0.05, 0.1) is 26.4 Å². The molecule has 0 fully saturated rings. The molecule has 0 aromatic heterocycles. The average Bonchev–Trinajstić information content (AvgIpc) is 1.62. The summed E-state index contributed by atoms with van der Waals surface area (Å²) in [6.07, 6.45) is 55.4. The quantitative estimate of drug-likeness (QED) is 0.0222. The monoisotopic (exact) mass is 1400 g/mol. The van der Waals surface area contributed by atoms with Crippen molar-refractivity contribution >= 4 is 39.5 Å². The van der Waals surface area contributed by atoms with E-state index < -0.39 is 97.5 Å². The van der Waals surface area contributed by atoms with Gasteiger partial charge in [0, 0.05) is 25.7 Å². The molecule has 0 aliphatic rings. The molecule has 95 heavy (non-hydrogen) atoms. The van der Waals surface area contributed by atoms with Gasteiger partial charge < -0.3 is 33.8 Å². The number of carbonyl (C=O) groups is 4. The van der Waals surface area contributed by atoms with E-state index in [2.05, 4.69) is 41.5 Å². The van der Waals surface area contributed by atoms with Crippen molar-refractivity contribution in [1.82, 2.24) is 0 Å². The van der Waals surface area contributed by atoms with Gasteiger partial charge in [0.2, 0.25) is 0 Å². The predicted molar refractivity (Wildman–Crippen MR) is 386 cm³/mol. The molecule has 0 spiro atoms. The smallest absolute Gasteiger partial charge is 0.462 e. The summed E-state index contributed by atoms with van der Waals surface area (Å²) in [5.41, 5.74) is 0. The minimum atomic E-state index is -4.96. The van der Waals surface area contributed by atoms with Crippen LogP contribution in [0.2, 0.25) is 0 Å². The number of aliphatic hydroxyl groups excluding tert-OH is 1. The zero-order chi connectivity index (χ0) is 70.0. The Morgan fingerprint density at radius 1 is 0.284 bits per heavy atom. The van der Waals surface area contributed by atoms with Gasteiger partial charge in [-0.05, 0) is 37.5 Å². The summed E-state index contributed by atoms with van der Waals surface area (Å²) < 4.78 is 68.5. The van der Waals surface area contributed by atoms with Crippen molar-refractivity contribution in [1.29, 1.82) is 0 Å². The highest BCUT2D eigenvalue weighted by atomic mass is 31.2. The van der Waals surface area contributed by atoms with Crippen molar-refractivity contribution in [2.24, 2.45) is 11.8 Å². The summed E-state index contributed by atoms with van der Waals surface area (Å²) in [6.45, 7) is 9.62. The third-order valence-corrected chi connectivity index (χ3v) is 19.6. The van der Waals surface area contributed by atoms with Crippen molar-refractivity contribution in [2.75, 3.05) is 39.6 Å². The summed E-state index contributed by atoms with van der Waals surface area (Å²) in [5.74, 6) is -0.546. The van der Waals surface area contributed by atoms with Gasteiger partial charge >= 0.3 is 39.5 Å². The van der Waals surface area contributed by atoms with Gasteiger partial charge in [-0.15, -0.1) is 0 Å². The van der Waals surface area contributed by atoms with Gasteiger partial charge in [-0.1, -0.05) is 343 Å². The zero-order valence-corrected chi connectivity index (χ0v) is 63.8. The van der Waals surface area contributed by atoms with Crippen LogP contribution in [0.5, 0.6) is 0 Å². The van der Waals surface area contributed by atoms with Crippen molar-refractivity contribution < 1.29 is 80.2 Å². The van der Waals surface area contributed by atoms with Gasteiger partial charge in [-0.3, -0.25) is 37.3 Å². The average molecular weight is 1400 g/mol. The van der Waals surface area contributed by atoms with E-state index >= 15 is 0 Å². The molecular weight excluding hydrogens is 1250 g/mol. The van der Waals surface area contributed by atoms with E-state index in [1.807, 2.05) is 0 Å². The van der Waals surface area contributed by atoms with Crippen LogP contribution in [0.15, 0.2) is 0 Å². The number of phosphoric ester groups is 2. The molecule has 3 N–H and O–H groups in total. The molecule has 0 amide bonds. The number of unbranched alkanes of at least 4 members (excludes halogenated alkanes) is 45. The fourth-order valence-electron chi connectivity index (χ4n) is 11.7. The number of phosphoric acid groups is 2. The van der Waals surface area contributed by atoms with Gasteiger partial charge in [-0.25, -0.2) is 9.13 Å². The fraction of sp³-hybridized carbons (Fsp3) is 0.947. The molecule has 0 saturated heterocycles. The lowest BCUT2D eigenvalue weighted by Crippen LogP contribution is -2.30. The molecular formula is C76H148O17P2. The number of ether oxygens (including phenoxy) is 4. The molecule has 0 bridgehead atoms. The number of esters is 4. The highest BCUT2D eigenvalue weighted by molar-refractivity contribution is 7.47. The third kappa shape index (κ3) is 70.3. The lowest BCUT2D eigenvalue weighted by Gasteiger charge is -2.21. The van der Waals surface area contributed by atoms with Gasteiger partial charge in [0.1, 0.15) is 19.3 Å². The number of hydrogen-bond acceptors (Lipinski definition) is 15. The van der Waals surface area contributed by atoms with Crippen molar-refractivity contribution in [3.05, 3.63) is 0 Å². The fourth-order valence-corrected chi connectivity index (χ4v) is 13.2. The number of carbonyl (C=O) groups excluding carboxylic acids is 4. The first-order chi connectivity index (χ1) is 45.9. The van der Waals surface area contributed by atoms with Crippen LogP contribution in [-0.2, 0) is 65.4 Å². The van der Waals surface area contributed by atoms with E-state index in [0.717, 1.165) is 102 Å². The highest BCUT2D eigenvalue weighted by Gasteiger charge is 2.30. The van der Waals surface area contributed by atoms with Crippen LogP contribution < -0.4 is 0 Å². The Labute approximate surface area is 581 Å². The molecule has 19 heteroatoms. The number of rotatable bonds is 75. The molecule has 0 saturated carbocycles. The molecule has 17 nitrogen and oxygen atoms in total. The van der Waals surface area contributed by atoms with Crippen LogP contribution in [0.4, 0.5) is 0 Å². The van der Waals surface area contributed by atoms with Gasteiger partial charge in [0.25, 0.3) is 0 Å². The standard InChI is InChI=1S/C76H148O17P2/c1-7-9-11-13-15-17-18-19-20-23-30-36-42-48-54-60-75(80)92-71(64-86-73(78)58-52-46-40-32-16-14-12-10-8-2)66-90-94(82,83)88-62-70(77)63-89-95(84,85)91-67-72(65-87-74(79)59-53-47-41-35-29-26-25-28-34-39-45-51-57-69(5)6)93-76(81)61-55-49-43-37-31-24-21-22-27-33-38-44-50-56-68(3)4/h68-72,77H,7-67H2,1-6H3,(H,82,83)(H,84,85)/t70-,71+,72+/m0/s1. The largest absolute Gasteiger partial charge is 0.472 e. The lowest BCUT2D eigenvalue weighted by molar-refractivity contribution is -0.161. The highest BCUT2D eigenvalue weighted by Crippen LogP contribution is 2.45. The maximum atomic E-state index is 13.1. The van der Waals surface area contributed by atoms with Crippen molar-refractivity contribution in [3.8, 4) is 0 Å². The van der Waals surface area contributed by atoms with E-state index in [-0.39, 0.29) is 25.7 Å². The molecule has 0 aromatic carbocycles. The maximum Gasteiger partial charge on any atom is 0.472 e. The molecule has 2 unspecified atom stereocenters. The van der Waals surface area contributed by atoms with Crippen molar-refractivity contribution in [3.63, 3.8) is 0 Å². The molecule has 0 radical (unpaired) electrons. The summed E-state index contributed by atoms with van der Waals surface area (Å²) in [5, 5.41) is 10.6. The molecule has 5 atom stereocenters. The number of hydrogen-bond donors (Lipinski definition) is 3. The molecule has 564 valence electrons. The first kappa shape index (κ1) is 93.1. The molecule has 0 aliphatic heterocycles. The van der Waals surface area contributed by atoms with Crippen LogP contribution in [0, 0.1) is 11.8 Å². The number of aliphatic hydroxyl groups is 1. The Hall–Kier alpha value is -1.94. The lowest BCUT2D eigenvalue weighted by atomic mass is 10.0. The van der Waals surface area contributed by atoms with Crippen LogP contribution in [0.1, 0.15) is 395 Å². The van der Waals surface area contributed by atoms with Gasteiger partial charge in [-0.2, -0.15) is 0 Å². The normalized spacial score (nSPS) is 14.0. The van der Waals surface area contributed by atoms with Crippen LogP contribution in [0.25, 0.3) is 0 Å². The maximum absolute atomic E-state index is 13.1. The first-order valence-electron chi connectivity index (χ1n) is 39.5. The predicted octanol–water partition coefficient (Wildman–Crippen LogP) is 22.3. The first-order valence-corrected chi connectivity index (χ1v) is 42.5. The molecule has 0 rings (SSSR count). The topological polar surface area (TPSA) is 237 Å². The minimum absolute atomic E-state index is 0.107. The van der Waals surface area contributed by atoms with E-state index in [1.165, 1.54) is 212 Å². The van der Waals surface area contributed by atoms with E-state index in [1.54, 1.807) is 0 Å². The van der Waals surface area contributed by atoms with Crippen LogP contribution in [0.3, 0.4) is 0 Å². The third-order valence-electron chi connectivity index (χ3n) is 17.7. The molecule has 0 heterocycles. The van der Waals surface area contributed by atoms with E-state index in [0.29, 0.717) is 25.7 Å². The van der Waals surface area contributed by atoms with Crippen LogP contribution >= 0.6 is 15.6 Å². The molecule has 0 aromatic rings. The summed E-state index contributed by atoms with van der Waals surface area (Å²) in [6, 6.07) is 0. The Morgan fingerprint density at radius 3 is 0.716 bits per heavy atom. The SMILES string of the molecule is CCCCCCCCCCCCCCCCCC(=O)O[C@H](COC(=O)CCCCCCCCCCC)COP(=O)(O)OC[C@H](O)COP(=O)(O)OC[C@@H](COC(=O)CCCCCCCCCCCCCCC(C)C)OC(=O)CCCCCCCCCCCCCCCC(C)C. The molecule has 0 aliphatic carbocycles. The minimum Gasteiger partial charge on any atom is -0.462 e. The Bertz CT molecular complexity index is 1840. The van der Waals surface area contributed by atoms with E-state index in [4.69, 9.17) is 37.0 Å². The second kappa shape index (κ2) is 67.9. The summed E-state index contributed by atoms with van der Waals surface area (Å²) in [4.78, 5) is 72.8. The Balaban J connectivity index is 5.24. The van der Waals surface area contributed by atoms with Crippen LogP contribution in [-0.4, -0.2) is 96.7 Å². The zero-order valence-electron chi connectivity index (χ0n) is 62.0.